The smallest absolute Gasteiger partial charge is 0.318 e. The topological polar surface area (TPSA) is 74.5 Å². The third-order valence-electron chi connectivity index (χ3n) is 3.07. The van der Waals surface area contributed by atoms with Crippen molar-refractivity contribution in [2.75, 3.05) is 13.7 Å². The quantitative estimate of drug-likeness (QED) is 0.716. The monoisotopic (exact) mass is 284 g/mol. The molecule has 20 heavy (non-hydrogen) atoms. The SMILES string of the molecule is CCOC(=O)C(CC(C)C)c1nc(C(C)(C)OC)no1. The molecule has 0 saturated carbocycles. The molecular formula is C14H24N2O4. The van der Waals surface area contributed by atoms with Gasteiger partial charge in [0, 0.05) is 7.11 Å². The molecule has 6 nitrogen and oxygen atoms in total. The Morgan fingerprint density at radius 1 is 1.40 bits per heavy atom. The predicted octanol–water partition coefficient (Wildman–Crippen LogP) is 2.64. The summed E-state index contributed by atoms with van der Waals surface area (Å²) in [6.45, 7) is 9.84. The minimum absolute atomic E-state index is 0.289. The van der Waals surface area contributed by atoms with E-state index < -0.39 is 11.5 Å². The van der Waals surface area contributed by atoms with Crippen molar-refractivity contribution in [3.8, 4) is 0 Å². The number of aromatic nitrogens is 2. The number of hydrogen-bond acceptors (Lipinski definition) is 6. The predicted molar refractivity (Wildman–Crippen MR) is 73.2 cm³/mol. The summed E-state index contributed by atoms with van der Waals surface area (Å²) in [6, 6.07) is 0. The Bertz CT molecular complexity index is 440. The summed E-state index contributed by atoms with van der Waals surface area (Å²) in [5.74, 6) is 0.177. The molecule has 0 amide bonds. The first-order valence-electron chi connectivity index (χ1n) is 6.87. The Labute approximate surface area is 119 Å². The summed E-state index contributed by atoms with van der Waals surface area (Å²) >= 11 is 0. The van der Waals surface area contributed by atoms with E-state index in [1.807, 2.05) is 27.7 Å². The van der Waals surface area contributed by atoms with Gasteiger partial charge in [0.25, 0.3) is 0 Å². The van der Waals surface area contributed by atoms with E-state index in [1.54, 1.807) is 14.0 Å². The highest BCUT2D eigenvalue weighted by Gasteiger charge is 2.32. The number of carbonyl (C=O) groups is 1. The Morgan fingerprint density at radius 2 is 2.05 bits per heavy atom. The molecule has 0 bridgehead atoms. The van der Waals surface area contributed by atoms with E-state index in [4.69, 9.17) is 14.0 Å². The van der Waals surface area contributed by atoms with Crippen LogP contribution in [0, 0.1) is 5.92 Å². The molecule has 1 heterocycles. The van der Waals surface area contributed by atoms with Crippen LogP contribution in [0.4, 0.5) is 0 Å². The van der Waals surface area contributed by atoms with Crippen LogP contribution in [0.2, 0.25) is 0 Å². The van der Waals surface area contributed by atoms with E-state index in [0.29, 0.717) is 24.8 Å². The van der Waals surface area contributed by atoms with Gasteiger partial charge in [-0.15, -0.1) is 0 Å². The van der Waals surface area contributed by atoms with Crippen LogP contribution in [0.15, 0.2) is 4.52 Å². The molecule has 0 aromatic carbocycles. The summed E-state index contributed by atoms with van der Waals surface area (Å²) in [6.07, 6.45) is 0.605. The Kier molecular flexibility index (Phi) is 5.68. The van der Waals surface area contributed by atoms with Crippen molar-refractivity contribution in [3.63, 3.8) is 0 Å². The third-order valence-corrected chi connectivity index (χ3v) is 3.07. The minimum atomic E-state index is -0.654. The van der Waals surface area contributed by atoms with E-state index in [-0.39, 0.29) is 11.9 Å². The van der Waals surface area contributed by atoms with Gasteiger partial charge < -0.3 is 14.0 Å². The first-order valence-corrected chi connectivity index (χ1v) is 6.87. The van der Waals surface area contributed by atoms with Gasteiger partial charge in [-0.2, -0.15) is 4.98 Å². The lowest BCUT2D eigenvalue weighted by molar-refractivity contribution is -0.146. The Hall–Kier alpha value is -1.43. The lowest BCUT2D eigenvalue weighted by Gasteiger charge is -2.17. The molecule has 1 unspecified atom stereocenters. The maximum absolute atomic E-state index is 12.0. The number of methoxy groups -OCH3 is 1. The average molecular weight is 284 g/mol. The van der Waals surface area contributed by atoms with Gasteiger partial charge in [-0.1, -0.05) is 19.0 Å². The van der Waals surface area contributed by atoms with Crippen molar-refractivity contribution in [1.29, 1.82) is 0 Å². The number of carbonyl (C=O) groups excluding carboxylic acids is 1. The number of ether oxygens (including phenoxy) is 2. The van der Waals surface area contributed by atoms with Crippen molar-refractivity contribution < 1.29 is 18.8 Å². The van der Waals surface area contributed by atoms with Crippen molar-refractivity contribution in [1.82, 2.24) is 10.1 Å². The Morgan fingerprint density at radius 3 is 2.55 bits per heavy atom. The molecule has 0 aliphatic rings. The van der Waals surface area contributed by atoms with Crippen molar-refractivity contribution in [3.05, 3.63) is 11.7 Å². The second kappa shape index (κ2) is 6.83. The van der Waals surface area contributed by atoms with Crippen LogP contribution >= 0.6 is 0 Å². The van der Waals surface area contributed by atoms with Crippen LogP contribution in [0.5, 0.6) is 0 Å². The maximum atomic E-state index is 12.0. The highest BCUT2D eigenvalue weighted by molar-refractivity contribution is 5.76. The first kappa shape index (κ1) is 16.6. The van der Waals surface area contributed by atoms with Gasteiger partial charge in [0.2, 0.25) is 11.7 Å². The first-order chi connectivity index (χ1) is 9.31. The molecule has 0 fully saturated rings. The molecular weight excluding hydrogens is 260 g/mol. The fraction of sp³-hybridized carbons (Fsp3) is 0.786. The minimum Gasteiger partial charge on any atom is -0.465 e. The molecule has 1 rings (SSSR count). The molecule has 1 aromatic heterocycles. The Balaban J connectivity index is 3.00. The van der Waals surface area contributed by atoms with E-state index in [9.17, 15) is 4.79 Å². The summed E-state index contributed by atoms with van der Waals surface area (Å²) in [5.41, 5.74) is -0.654. The lowest BCUT2D eigenvalue weighted by atomic mass is 9.97. The molecule has 1 atom stereocenters. The standard InChI is InChI=1S/C14H24N2O4/c1-7-19-12(17)10(8-9(2)3)11-15-13(16-20-11)14(4,5)18-6/h9-10H,7-8H2,1-6H3. The molecule has 0 spiro atoms. The maximum Gasteiger partial charge on any atom is 0.318 e. The zero-order chi connectivity index (χ0) is 15.3. The van der Waals surface area contributed by atoms with Gasteiger partial charge in [-0.05, 0) is 33.1 Å². The zero-order valence-electron chi connectivity index (χ0n) is 13.1. The van der Waals surface area contributed by atoms with Crippen LogP contribution in [0.25, 0.3) is 0 Å². The van der Waals surface area contributed by atoms with Crippen LogP contribution < -0.4 is 0 Å². The fourth-order valence-electron chi connectivity index (χ4n) is 1.72. The van der Waals surface area contributed by atoms with E-state index in [2.05, 4.69) is 10.1 Å². The summed E-state index contributed by atoms with van der Waals surface area (Å²) in [5, 5.41) is 3.91. The van der Waals surface area contributed by atoms with E-state index in [1.165, 1.54) is 0 Å². The number of esters is 1. The van der Waals surface area contributed by atoms with Crippen molar-refractivity contribution >= 4 is 5.97 Å². The van der Waals surface area contributed by atoms with Crippen molar-refractivity contribution in [2.24, 2.45) is 5.92 Å². The summed E-state index contributed by atoms with van der Waals surface area (Å²) in [4.78, 5) is 16.3. The van der Waals surface area contributed by atoms with E-state index >= 15 is 0 Å². The highest BCUT2D eigenvalue weighted by Crippen LogP contribution is 2.27. The van der Waals surface area contributed by atoms with Gasteiger partial charge in [-0.25, -0.2) is 0 Å². The number of nitrogens with zero attached hydrogens (tertiary/aromatic N) is 2. The molecule has 0 N–H and O–H groups in total. The second-order valence-electron chi connectivity index (χ2n) is 5.60. The molecule has 6 heteroatoms. The van der Waals surface area contributed by atoms with Crippen LogP contribution in [0.1, 0.15) is 58.7 Å². The molecule has 1 aromatic rings. The number of rotatable bonds is 7. The van der Waals surface area contributed by atoms with Crippen LogP contribution in [0.3, 0.4) is 0 Å². The van der Waals surface area contributed by atoms with Gasteiger partial charge in [0.15, 0.2) is 0 Å². The normalized spacial score (nSPS) is 13.6. The number of hydrogen-bond donors (Lipinski definition) is 0. The highest BCUT2D eigenvalue weighted by atomic mass is 16.5. The van der Waals surface area contributed by atoms with Gasteiger partial charge in [0.05, 0.1) is 6.61 Å². The van der Waals surface area contributed by atoms with Gasteiger partial charge in [-0.3, -0.25) is 4.79 Å². The fourth-order valence-corrected chi connectivity index (χ4v) is 1.72. The summed E-state index contributed by atoms with van der Waals surface area (Å²) in [7, 11) is 1.58. The molecule has 0 radical (unpaired) electrons. The largest absolute Gasteiger partial charge is 0.465 e. The molecule has 0 aliphatic heterocycles. The van der Waals surface area contributed by atoms with Crippen LogP contribution in [-0.2, 0) is 19.9 Å². The third kappa shape index (κ3) is 4.03. The lowest BCUT2D eigenvalue weighted by Crippen LogP contribution is -2.22. The van der Waals surface area contributed by atoms with Gasteiger partial charge in [0.1, 0.15) is 11.5 Å². The molecule has 114 valence electrons. The zero-order valence-corrected chi connectivity index (χ0v) is 13.1. The van der Waals surface area contributed by atoms with Crippen LogP contribution in [-0.4, -0.2) is 29.8 Å². The average Bonchev–Trinajstić information content (AvgIpc) is 2.86. The molecule has 0 aliphatic carbocycles. The second-order valence-corrected chi connectivity index (χ2v) is 5.60. The molecule has 0 saturated heterocycles. The van der Waals surface area contributed by atoms with Gasteiger partial charge >= 0.3 is 5.97 Å². The van der Waals surface area contributed by atoms with Crippen molar-refractivity contribution in [2.45, 2.75) is 52.6 Å². The summed E-state index contributed by atoms with van der Waals surface area (Å²) < 4.78 is 15.6. The van der Waals surface area contributed by atoms with E-state index in [0.717, 1.165) is 0 Å².